The summed E-state index contributed by atoms with van der Waals surface area (Å²) in [4.78, 5) is 21.1. The van der Waals surface area contributed by atoms with Crippen LogP contribution >= 0.6 is 0 Å². The third kappa shape index (κ3) is 2.58. The number of nitrogens with one attached hydrogen (secondary N) is 1. The lowest BCUT2D eigenvalue weighted by atomic mass is 10.1. The van der Waals surface area contributed by atoms with Gasteiger partial charge < -0.3 is 5.11 Å². The summed E-state index contributed by atoms with van der Waals surface area (Å²) in [5, 5.41) is 33.6. The molecule has 1 aromatic carbocycles. The highest BCUT2D eigenvalue weighted by molar-refractivity contribution is 5.89. The Morgan fingerprint density at radius 3 is 2.79 bits per heavy atom. The molecular weight excluding hydrogens is 323 g/mol. The third-order valence-electron chi connectivity index (χ3n) is 3.20. The number of non-ortho nitro benzene ring substituents is 1. The van der Waals surface area contributed by atoms with Gasteiger partial charge in [0.15, 0.2) is 5.82 Å². The molecule has 10 nitrogen and oxygen atoms in total. The maximum atomic E-state index is 14.1. The highest BCUT2D eigenvalue weighted by Crippen LogP contribution is 2.28. The Bertz CT molecular complexity index is 986. The summed E-state index contributed by atoms with van der Waals surface area (Å²) in [6, 6.07) is 4.23. The normalized spacial score (nSPS) is 10.8. The quantitative estimate of drug-likeness (QED) is 0.554. The first-order valence-electron chi connectivity index (χ1n) is 6.54. The molecular formula is C13H9FN6O4. The smallest absolute Gasteiger partial charge is 0.409 e. The van der Waals surface area contributed by atoms with Crippen molar-refractivity contribution in [2.75, 3.05) is 5.32 Å². The summed E-state index contributed by atoms with van der Waals surface area (Å²) in [6.45, 7) is 1.57. The molecule has 0 fully saturated rings. The minimum Gasteiger partial charge on any atom is -0.465 e. The Hall–Kier alpha value is -3.63. The molecule has 0 atom stereocenters. The van der Waals surface area contributed by atoms with Crippen molar-refractivity contribution in [3.8, 4) is 11.3 Å². The largest absolute Gasteiger partial charge is 0.465 e. The summed E-state index contributed by atoms with van der Waals surface area (Å²) < 4.78 is 15.3. The minimum atomic E-state index is -1.35. The average molecular weight is 332 g/mol. The number of carboxylic acid groups (broad SMARTS) is 1. The van der Waals surface area contributed by atoms with Gasteiger partial charge in [0.25, 0.3) is 5.69 Å². The van der Waals surface area contributed by atoms with E-state index in [2.05, 4.69) is 20.6 Å². The fourth-order valence-electron chi connectivity index (χ4n) is 2.15. The molecule has 0 aliphatic rings. The second kappa shape index (κ2) is 5.53. The van der Waals surface area contributed by atoms with Gasteiger partial charge in [-0.2, -0.15) is 9.61 Å². The van der Waals surface area contributed by atoms with Crippen LogP contribution in [0.3, 0.4) is 0 Å². The van der Waals surface area contributed by atoms with Gasteiger partial charge >= 0.3 is 6.09 Å². The van der Waals surface area contributed by atoms with Crippen LogP contribution in [0.4, 0.5) is 20.6 Å². The molecule has 24 heavy (non-hydrogen) atoms. The lowest BCUT2D eigenvalue weighted by Crippen LogP contribution is -2.10. The topological polar surface area (TPSA) is 136 Å². The van der Waals surface area contributed by atoms with E-state index in [0.29, 0.717) is 5.82 Å². The molecule has 11 heteroatoms. The van der Waals surface area contributed by atoms with Crippen molar-refractivity contribution in [2.45, 2.75) is 6.92 Å². The molecule has 0 aliphatic carbocycles. The summed E-state index contributed by atoms with van der Waals surface area (Å²) in [5.74, 6) is -0.398. The van der Waals surface area contributed by atoms with Crippen LogP contribution in [0.15, 0.2) is 24.3 Å². The second-order valence-electron chi connectivity index (χ2n) is 4.78. The van der Waals surface area contributed by atoms with Crippen LogP contribution in [0.25, 0.3) is 16.9 Å². The molecule has 0 spiro atoms. The van der Waals surface area contributed by atoms with E-state index in [9.17, 15) is 19.3 Å². The van der Waals surface area contributed by atoms with Gasteiger partial charge in [0, 0.05) is 17.7 Å². The van der Waals surface area contributed by atoms with Crippen molar-refractivity contribution < 1.29 is 19.2 Å². The van der Waals surface area contributed by atoms with E-state index in [1.54, 1.807) is 6.92 Å². The minimum absolute atomic E-state index is 0.00431. The van der Waals surface area contributed by atoms with E-state index in [0.717, 1.165) is 18.2 Å². The van der Waals surface area contributed by atoms with Gasteiger partial charge in [0.1, 0.15) is 5.82 Å². The van der Waals surface area contributed by atoms with Crippen molar-refractivity contribution in [1.29, 1.82) is 0 Å². The predicted octanol–water partition coefficient (Wildman–Crippen LogP) is 2.24. The molecule has 2 N–H and O–H groups in total. The molecule has 0 radical (unpaired) electrons. The molecule has 2 heterocycles. The Morgan fingerprint density at radius 2 is 2.12 bits per heavy atom. The highest BCUT2D eigenvalue weighted by atomic mass is 19.1. The Morgan fingerprint density at radius 1 is 1.38 bits per heavy atom. The van der Waals surface area contributed by atoms with Gasteiger partial charge in [0.05, 0.1) is 16.3 Å². The van der Waals surface area contributed by atoms with Crippen LogP contribution in [0.1, 0.15) is 5.82 Å². The Kier molecular flexibility index (Phi) is 3.52. The molecule has 3 aromatic rings. The van der Waals surface area contributed by atoms with Gasteiger partial charge in [-0.1, -0.05) is 0 Å². The van der Waals surface area contributed by atoms with E-state index in [4.69, 9.17) is 5.11 Å². The number of anilines is 1. The van der Waals surface area contributed by atoms with Crippen molar-refractivity contribution in [3.63, 3.8) is 0 Å². The zero-order valence-electron chi connectivity index (χ0n) is 12.1. The molecule has 3 rings (SSSR count). The number of fused-ring (bicyclic) bond motifs is 1. The zero-order valence-corrected chi connectivity index (χ0v) is 12.1. The first-order valence-corrected chi connectivity index (χ1v) is 6.54. The molecule has 1 amide bonds. The van der Waals surface area contributed by atoms with E-state index < -0.39 is 16.8 Å². The zero-order chi connectivity index (χ0) is 17.4. The number of amides is 1. The number of carbonyl (C=O) groups is 1. The van der Waals surface area contributed by atoms with Gasteiger partial charge in [-0.3, -0.25) is 15.4 Å². The molecule has 0 aliphatic heterocycles. The SMILES string of the molecule is Cc1nnc2c(NC(=O)O)cc(-c3cc([N+](=O)[O-])ccc3F)nn12. The van der Waals surface area contributed by atoms with E-state index in [1.807, 2.05) is 0 Å². The van der Waals surface area contributed by atoms with Gasteiger partial charge in [-0.25, -0.2) is 9.18 Å². The van der Waals surface area contributed by atoms with Crippen LogP contribution in [-0.4, -0.2) is 35.9 Å². The number of aromatic nitrogens is 4. The maximum Gasteiger partial charge on any atom is 0.409 e. The maximum absolute atomic E-state index is 14.1. The number of hydrogen-bond acceptors (Lipinski definition) is 6. The Labute approximate surface area is 132 Å². The van der Waals surface area contributed by atoms with Crippen molar-refractivity contribution in [1.82, 2.24) is 19.8 Å². The summed E-state index contributed by atoms with van der Waals surface area (Å²) >= 11 is 0. The first-order chi connectivity index (χ1) is 11.4. The van der Waals surface area contributed by atoms with Crippen LogP contribution in [-0.2, 0) is 0 Å². The number of nitro groups is 1. The highest BCUT2D eigenvalue weighted by Gasteiger charge is 2.18. The molecule has 2 aromatic heterocycles. The third-order valence-corrected chi connectivity index (χ3v) is 3.20. The number of halogens is 1. The number of aryl methyl sites for hydroxylation is 1. The fraction of sp³-hybridized carbons (Fsp3) is 0.0769. The Balaban J connectivity index is 2.26. The molecule has 0 bridgehead atoms. The average Bonchev–Trinajstić information content (AvgIpc) is 2.88. The van der Waals surface area contributed by atoms with Gasteiger partial charge in [0.2, 0.25) is 5.65 Å². The lowest BCUT2D eigenvalue weighted by molar-refractivity contribution is -0.384. The fourth-order valence-corrected chi connectivity index (χ4v) is 2.15. The monoisotopic (exact) mass is 332 g/mol. The second-order valence-corrected chi connectivity index (χ2v) is 4.78. The summed E-state index contributed by atoms with van der Waals surface area (Å²) in [5.41, 5.74) is -0.312. The summed E-state index contributed by atoms with van der Waals surface area (Å²) in [7, 11) is 0. The van der Waals surface area contributed by atoms with Gasteiger partial charge in [-0.15, -0.1) is 10.2 Å². The van der Waals surface area contributed by atoms with Crippen molar-refractivity contribution in [3.05, 3.63) is 46.0 Å². The van der Waals surface area contributed by atoms with Crippen molar-refractivity contribution >= 4 is 23.1 Å². The molecule has 122 valence electrons. The number of benzene rings is 1. The van der Waals surface area contributed by atoms with Crippen LogP contribution in [0.5, 0.6) is 0 Å². The van der Waals surface area contributed by atoms with Crippen LogP contribution in [0, 0.1) is 22.9 Å². The first kappa shape index (κ1) is 15.3. The molecule has 0 unspecified atom stereocenters. The summed E-state index contributed by atoms with van der Waals surface area (Å²) in [6.07, 6.45) is -1.35. The number of nitrogens with zero attached hydrogens (tertiary/aromatic N) is 5. The van der Waals surface area contributed by atoms with Crippen LogP contribution < -0.4 is 5.32 Å². The number of nitro benzene ring substituents is 1. The van der Waals surface area contributed by atoms with Crippen molar-refractivity contribution in [2.24, 2.45) is 0 Å². The standard InChI is InChI=1S/C13H9FN6O4/c1-6-16-17-12-11(15-13(21)22)5-10(18-19(6)12)8-4-7(20(23)24)2-3-9(8)14/h2-5,15H,1H3,(H,21,22). The lowest BCUT2D eigenvalue weighted by Gasteiger charge is -2.08. The van der Waals surface area contributed by atoms with E-state index >= 15 is 0 Å². The van der Waals surface area contributed by atoms with E-state index in [1.165, 1.54) is 10.6 Å². The number of hydrogen-bond donors (Lipinski definition) is 2. The van der Waals surface area contributed by atoms with Gasteiger partial charge in [-0.05, 0) is 19.1 Å². The molecule has 0 saturated carbocycles. The van der Waals surface area contributed by atoms with Crippen LogP contribution in [0.2, 0.25) is 0 Å². The van der Waals surface area contributed by atoms with E-state index in [-0.39, 0.29) is 28.3 Å². The predicted molar refractivity (Wildman–Crippen MR) is 79.2 cm³/mol. The number of rotatable bonds is 3. The molecule has 0 saturated heterocycles.